The van der Waals surface area contributed by atoms with E-state index in [9.17, 15) is 13.2 Å². The molecule has 0 spiro atoms. The van der Waals surface area contributed by atoms with Crippen LogP contribution in [0.5, 0.6) is 0 Å². The number of aryl methyl sites for hydroxylation is 2. The lowest BCUT2D eigenvalue weighted by molar-refractivity contribution is 0.0667. The van der Waals surface area contributed by atoms with Crippen LogP contribution in [0.1, 0.15) is 21.7 Å². The summed E-state index contributed by atoms with van der Waals surface area (Å²) in [5.74, 6) is 0.110. The number of rotatable bonds is 3. The van der Waals surface area contributed by atoms with Crippen LogP contribution in [0, 0.1) is 13.8 Å². The van der Waals surface area contributed by atoms with Gasteiger partial charge < -0.3 is 9.32 Å². The topological polar surface area (TPSA) is 70.8 Å². The number of carbonyl (C=O) groups excluding carboxylic acids is 1. The number of para-hydroxylation sites is 1. The Morgan fingerprint density at radius 1 is 1.03 bits per heavy atom. The van der Waals surface area contributed by atoms with Crippen molar-refractivity contribution in [3.05, 3.63) is 64.4 Å². The lowest BCUT2D eigenvalue weighted by atomic mass is 10.1. The maximum Gasteiger partial charge on any atom is 0.289 e. The quantitative estimate of drug-likeness (QED) is 0.630. The smallest absolute Gasteiger partial charge is 0.289 e. The van der Waals surface area contributed by atoms with Gasteiger partial charge >= 0.3 is 0 Å². The van der Waals surface area contributed by atoms with Crippen LogP contribution in [0.2, 0.25) is 5.02 Å². The number of amides is 1. The Kier molecular flexibility index (Phi) is 5.14. The average molecular weight is 433 g/mol. The molecule has 2 aromatic carbocycles. The van der Waals surface area contributed by atoms with Crippen LogP contribution >= 0.6 is 11.6 Å². The largest absolute Gasteiger partial charge is 0.450 e. The fourth-order valence-electron chi connectivity index (χ4n) is 3.64. The SMILES string of the molecule is Cc1c(C(=O)N2CCN(S(=O)(=O)c3cccc(Cl)c3)CC2)oc2c(C)cccc12. The van der Waals surface area contributed by atoms with E-state index in [1.165, 1.54) is 16.4 Å². The number of halogens is 1. The minimum atomic E-state index is -3.65. The monoisotopic (exact) mass is 432 g/mol. The highest BCUT2D eigenvalue weighted by molar-refractivity contribution is 7.89. The lowest BCUT2D eigenvalue weighted by Crippen LogP contribution is -2.50. The Labute approximate surface area is 174 Å². The number of nitrogens with zero attached hydrogens (tertiary/aromatic N) is 2. The van der Waals surface area contributed by atoms with Crippen LogP contribution in [0.15, 0.2) is 51.8 Å². The fraction of sp³-hybridized carbons (Fsp3) is 0.286. The van der Waals surface area contributed by atoms with Crippen LogP contribution in [-0.4, -0.2) is 49.7 Å². The third-order valence-electron chi connectivity index (χ3n) is 5.31. The Morgan fingerprint density at radius 3 is 2.38 bits per heavy atom. The summed E-state index contributed by atoms with van der Waals surface area (Å²) in [4.78, 5) is 14.8. The zero-order valence-corrected chi connectivity index (χ0v) is 17.8. The highest BCUT2D eigenvalue weighted by atomic mass is 35.5. The summed E-state index contributed by atoms with van der Waals surface area (Å²) in [5, 5.41) is 1.30. The molecule has 4 rings (SSSR count). The van der Waals surface area contributed by atoms with Gasteiger partial charge in [0.2, 0.25) is 10.0 Å². The first-order chi connectivity index (χ1) is 13.8. The van der Waals surface area contributed by atoms with E-state index in [0.29, 0.717) is 23.9 Å². The van der Waals surface area contributed by atoms with Gasteiger partial charge in [-0.2, -0.15) is 4.31 Å². The minimum absolute atomic E-state index is 0.161. The second-order valence-electron chi connectivity index (χ2n) is 7.16. The van der Waals surface area contributed by atoms with E-state index in [1.807, 2.05) is 32.0 Å². The van der Waals surface area contributed by atoms with Gasteiger partial charge in [0.1, 0.15) is 5.58 Å². The molecule has 1 saturated heterocycles. The summed E-state index contributed by atoms with van der Waals surface area (Å²) >= 11 is 5.94. The van der Waals surface area contributed by atoms with Crippen molar-refractivity contribution in [3.63, 3.8) is 0 Å². The normalized spacial score (nSPS) is 15.8. The van der Waals surface area contributed by atoms with Gasteiger partial charge in [0, 0.05) is 42.2 Å². The maximum atomic E-state index is 13.0. The van der Waals surface area contributed by atoms with Crippen molar-refractivity contribution in [1.29, 1.82) is 0 Å². The first-order valence-electron chi connectivity index (χ1n) is 9.33. The molecule has 8 heteroatoms. The summed E-state index contributed by atoms with van der Waals surface area (Å²) in [5.41, 5.74) is 2.50. The number of fused-ring (bicyclic) bond motifs is 1. The number of benzene rings is 2. The van der Waals surface area contributed by atoms with Crippen molar-refractivity contribution < 1.29 is 17.6 Å². The third kappa shape index (κ3) is 3.54. The molecule has 1 amide bonds. The van der Waals surface area contributed by atoms with Crippen molar-refractivity contribution >= 4 is 38.5 Å². The molecular formula is C21H21ClN2O4S. The molecule has 1 aliphatic rings. The first kappa shape index (κ1) is 19.9. The zero-order valence-electron chi connectivity index (χ0n) is 16.2. The number of piperazine rings is 1. The molecule has 0 aliphatic carbocycles. The molecule has 0 saturated carbocycles. The van der Waals surface area contributed by atoms with Crippen LogP contribution in [0.4, 0.5) is 0 Å². The van der Waals surface area contributed by atoms with E-state index in [1.54, 1.807) is 17.0 Å². The summed E-state index contributed by atoms with van der Waals surface area (Å²) in [6, 6.07) is 12.0. The third-order valence-corrected chi connectivity index (χ3v) is 7.44. The fourth-order valence-corrected chi connectivity index (χ4v) is 5.36. The van der Waals surface area contributed by atoms with Gasteiger partial charge in [-0.25, -0.2) is 8.42 Å². The number of sulfonamides is 1. The molecule has 0 atom stereocenters. The molecule has 2 heterocycles. The van der Waals surface area contributed by atoms with E-state index in [2.05, 4.69) is 0 Å². The van der Waals surface area contributed by atoms with Crippen LogP contribution in [-0.2, 0) is 10.0 Å². The number of furan rings is 1. The molecule has 29 heavy (non-hydrogen) atoms. The Hall–Kier alpha value is -2.35. The average Bonchev–Trinajstić information content (AvgIpc) is 3.06. The van der Waals surface area contributed by atoms with E-state index >= 15 is 0 Å². The van der Waals surface area contributed by atoms with Crippen molar-refractivity contribution in [2.24, 2.45) is 0 Å². The Balaban J connectivity index is 1.52. The van der Waals surface area contributed by atoms with Gasteiger partial charge in [0.25, 0.3) is 5.91 Å². The summed E-state index contributed by atoms with van der Waals surface area (Å²) in [6.45, 7) is 4.86. The standard InChI is InChI=1S/C21H21ClN2O4S/c1-14-5-3-8-18-15(2)20(28-19(14)18)21(25)23-9-11-24(12-10-23)29(26,27)17-7-4-6-16(22)13-17/h3-8,13H,9-12H2,1-2H3. The number of hydrogen-bond donors (Lipinski definition) is 0. The highest BCUT2D eigenvalue weighted by Crippen LogP contribution is 2.29. The molecule has 1 aliphatic heterocycles. The first-order valence-corrected chi connectivity index (χ1v) is 11.1. The van der Waals surface area contributed by atoms with Crippen molar-refractivity contribution in [1.82, 2.24) is 9.21 Å². The van der Waals surface area contributed by atoms with Crippen LogP contribution in [0.3, 0.4) is 0 Å². The van der Waals surface area contributed by atoms with Gasteiger partial charge in [-0.15, -0.1) is 0 Å². The molecule has 0 bridgehead atoms. The van der Waals surface area contributed by atoms with E-state index in [4.69, 9.17) is 16.0 Å². The van der Waals surface area contributed by atoms with E-state index in [0.717, 1.165) is 22.1 Å². The highest BCUT2D eigenvalue weighted by Gasteiger charge is 2.32. The summed E-state index contributed by atoms with van der Waals surface area (Å²) in [6.07, 6.45) is 0. The van der Waals surface area contributed by atoms with Gasteiger partial charge in [-0.1, -0.05) is 35.9 Å². The second-order valence-corrected chi connectivity index (χ2v) is 9.54. The molecule has 0 N–H and O–H groups in total. The van der Waals surface area contributed by atoms with Crippen LogP contribution < -0.4 is 0 Å². The zero-order chi connectivity index (χ0) is 20.8. The van der Waals surface area contributed by atoms with Crippen molar-refractivity contribution in [3.8, 4) is 0 Å². The van der Waals surface area contributed by atoms with Gasteiger partial charge in [-0.3, -0.25) is 4.79 Å². The predicted octanol–water partition coefficient (Wildman–Crippen LogP) is 3.85. The van der Waals surface area contributed by atoms with Crippen molar-refractivity contribution in [2.75, 3.05) is 26.2 Å². The summed E-state index contributed by atoms with van der Waals surface area (Å²) < 4.78 is 33.0. The van der Waals surface area contributed by atoms with E-state index < -0.39 is 10.0 Å². The molecule has 0 radical (unpaired) electrons. The van der Waals surface area contributed by atoms with Gasteiger partial charge in [0.05, 0.1) is 4.90 Å². The molecule has 152 valence electrons. The van der Waals surface area contributed by atoms with Crippen molar-refractivity contribution in [2.45, 2.75) is 18.7 Å². The molecule has 1 fully saturated rings. The van der Waals surface area contributed by atoms with E-state index in [-0.39, 0.29) is 23.9 Å². The number of hydrogen-bond acceptors (Lipinski definition) is 4. The Bertz CT molecular complexity index is 1190. The predicted molar refractivity (Wildman–Crippen MR) is 112 cm³/mol. The summed E-state index contributed by atoms with van der Waals surface area (Å²) in [7, 11) is -3.65. The van der Waals surface area contributed by atoms with Gasteiger partial charge in [0.15, 0.2) is 5.76 Å². The molecular weight excluding hydrogens is 412 g/mol. The molecule has 1 aromatic heterocycles. The lowest BCUT2D eigenvalue weighted by Gasteiger charge is -2.33. The second kappa shape index (κ2) is 7.48. The van der Waals surface area contributed by atoms with Crippen LogP contribution in [0.25, 0.3) is 11.0 Å². The minimum Gasteiger partial charge on any atom is -0.450 e. The maximum absolute atomic E-state index is 13.0. The Morgan fingerprint density at radius 2 is 1.72 bits per heavy atom. The molecule has 6 nitrogen and oxygen atoms in total. The molecule has 3 aromatic rings. The van der Waals surface area contributed by atoms with Gasteiger partial charge in [-0.05, 0) is 37.6 Å². The molecule has 0 unspecified atom stereocenters. The number of carbonyl (C=O) groups is 1.